The molecule has 0 radical (unpaired) electrons. The van der Waals surface area contributed by atoms with E-state index in [4.69, 9.17) is 0 Å². The van der Waals surface area contributed by atoms with Gasteiger partial charge < -0.3 is 0 Å². The van der Waals surface area contributed by atoms with Crippen molar-refractivity contribution in [3.8, 4) is 0 Å². The van der Waals surface area contributed by atoms with Gasteiger partial charge in [0.25, 0.3) is 0 Å². The molecular formula is C15H16O. The van der Waals surface area contributed by atoms with Crippen molar-refractivity contribution in [3.63, 3.8) is 0 Å². The molecular weight excluding hydrogens is 196 g/mol. The lowest BCUT2D eigenvalue weighted by atomic mass is 9.51. The lowest BCUT2D eigenvalue weighted by molar-refractivity contribution is 0.0458. The Morgan fingerprint density at radius 3 is 2.38 bits per heavy atom. The molecule has 1 heteroatoms. The van der Waals surface area contributed by atoms with Crippen LogP contribution >= 0.6 is 0 Å². The topological polar surface area (TPSA) is 17.1 Å². The Bertz CT molecular complexity index is 478. The minimum Gasteiger partial charge on any atom is -0.294 e. The summed E-state index contributed by atoms with van der Waals surface area (Å²) in [5.41, 5.74) is 3.19. The molecule has 0 unspecified atom stereocenters. The Labute approximate surface area is 95.9 Å². The predicted octanol–water partition coefficient (Wildman–Crippen LogP) is 3.47. The van der Waals surface area contributed by atoms with E-state index in [9.17, 15) is 4.79 Å². The van der Waals surface area contributed by atoms with Crippen LogP contribution in [-0.4, -0.2) is 5.78 Å². The molecule has 0 aliphatic heterocycles. The Hall–Kier alpha value is -1.11. The summed E-state index contributed by atoms with van der Waals surface area (Å²) in [6, 6.07) is 8.35. The monoisotopic (exact) mass is 212 g/mol. The number of benzene rings is 1. The fourth-order valence-corrected chi connectivity index (χ4v) is 4.18. The third-order valence-corrected chi connectivity index (χ3v) is 5.32. The van der Waals surface area contributed by atoms with Crippen LogP contribution in [0.15, 0.2) is 24.3 Å². The van der Waals surface area contributed by atoms with Crippen LogP contribution in [0.2, 0.25) is 0 Å². The van der Waals surface area contributed by atoms with E-state index < -0.39 is 0 Å². The molecule has 0 aromatic heterocycles. The second-order valence-corrected chi connectivity index (χ2v) is 5.86. The molecule has 1 aromatic rings. The Morgan fingerprint density at radius 1 is 1.00 bits per heavy atom. The molecule has 1 aromatic carbocycles. The molecule has 4 rings (SSSR count). The summed E-state index contributed by atoms with van der Waals surface area (Å²) in [6.07, 6.45) is 7.36. The third-order valence-electron chi connectivity index (χ3n) is 5.32. The standard InChI is InChI=1S/C15H16O/c16-13-10-14(6-3-7-14)15(8-9-15)12-5-2-1-4-11(12)13/h1-2,4-5H,3,6-10H2. The molecule has 1 nitrogen and oxygen atoms in total. The van der Waals surface area contributed by atoms with E-state index in [0.717, 1.165) is 12.0 Å². The molecule has 3 aliphatic rings. The van der Waals surface area contributed by atoms with Gasteiger partial charge in [-0.15, -0.1) is 0 Å². The maximum Gasteiger partial charge on any atom is 0.163 e. The van der Waals surface area contributed by atoms with Gasteiger partial charge in [0.05, 0.1) is 0 Å². The number of carbonyl (C=O) groups is 1. The molecule has 2 spiro atoms. The second kappa shape index (κ2) is 2.58. The van der Waals surface area contributed by atoms with Gasteiger partial charge in [-0.3, -0.25) is 4.79 Å². The fraction of sp³-hybridized carbons (Fsp3) is 0.533. The van der Waals surface area contributed by atoms with Gasteiger partial charge in [-0.05, 0) is 36.7 Å². The highest BCUT2D eigenvalue weighted by Gasteiger charge is 2.65. The summed E-state index contributed by atoms with van der Waals surface area (Å²) in [5, 5.41) is 0. The zero-order chi connectivity index (χ0) is 10.8. The van der Waals surface area contributed by atoms with Crippen LogP contribution in [0, 0.1) is 5.41 Å². The maximum absolute atomic E-state index is 12.2. The van der Waals surface area contributed by atoms with Gasteiger partial charge in [-0.25, -0.2) is 0 Å². The van der Waals surface area contributed by atoms with Gasteiger partial charge in [-0.2, -0.15) is 0 Å². The summed E-state index contributed by atoms with van der Waals surface area (Å²) in [4.78, 5) is 12.2. The molecule has 2 fully saturated rings. The maximum atomic E-state index is 12.2. The number of rotatable bonds is 0. The van der Waals surface area contributed by atoms with Crippen LogP contribution in [0.1, 0.15) is 54.4 Å². The largest absolute Gasteiger partial charge is 0.294 e. The lowest BCUT2D eigenvalue weighted by Crippen LogP contribution is -2.47. The molecule has 0 saturated heterocycles. The van der Waals surface area contributed by atoms with E-state index in [1.165, 1.54) is 37.7 Å². The summed E-state index contributed by atoms with van der Waals surface area (Å²) >= 11 is 0. The predicted molar refractivity (Wildman–Crippen MR) is 62.6 cm³/mol. The number of fused-ring (bicyclic) bond motifs is 3. The SMILES string of the molecule is O=C1CC2(CCC2)C2(CC2)c2ccccc21. The fourth-order valence-electron chi connectivity index (χ4n) is 4.18. The van der Waals surface area contributed by atoms with Crippen molar-refractivity contribution in [2.75, 3.05) is 0 Å². The molecule has 2 saturated carbocycles. The number of hydrogen-bond acceptors (Lipinski definition) is 1. The first-order valence-electron chi connectivity index (χ1n) is 6.40. The molecule has 0 N–H and O–H groups in total. The van der Waals surface area contributed by atoms with E-state index in [-0.39, 0.29) is 0 Å². The third kappa shape index (κ3) is 0.829. The average Bonchev–Trinajstić information content (AvgIpc) is 3.03. The molecule has 0 atom stereocenters. The number of carbonyl (C=O) groups excluding carboxylic acids is 1. The normalized spacial score (nSPS) is 27.6. The minimum absolute atomic E-state index is 0.373. The highest BCUT2D eigenvalue weighted by Crippen LogP contribution is 2.71. The van der Waals surface area contributed by atoms with Gasteiger partial charge in [0.2, 0.25) is 0 Å². The summed E-state index contributed by atoms with van der Waals surface area (Å²) in [7, 11) is 0. The van der Waals surface area contributed by atoms with Gasteiger partial charge in [-0.1, -0.05) is 30.7 Å². The summed E-state index contributed by atoms with van der Waals surface area (Å²) in [5.74, 6) is 0.396. The van der Waals surface area contributed by atoms with Crippen LogP contribution in [0.3, 0.4) is 0 Å². The smallest absolute Gasteiger partial charge is 0.163 e. The van der Waals surface area contributed by atoms with Crippen LogP contribution in [0.4, 0.5) is 0 Å². The number of Topliss-reactive ketones (excluding diaryl/α,β-unsaturated/α-hetero) is 1. The Balaban J connectivity index is 1.95. The highest BCUT2D eigenvalue weighted by molar-refractivity contribution is 6.00. The minimum atomic E-state index is 0.373. The van der Waals surface area contributed by atoms with Crippen molar-refractivity contribution in [2.24, 2.45) is 5.41 Å². The van der Waals surface area contributed by atoms with E-state index in [1.807, 2.05) is 12.1 Å². The highest BCUT2D eigenvalue weighted by atomic mass is 16.1. The summed E-state index contributed by atoms with van der Waals surface area (Å²) in [6.45, 7) is 0. The van der Waals surface area contributed by atoms with Crippen molar-refractivity contribution in [2.45, 2.75) is 43.9 Å². The number of hydrogen-bond donors (Lipinski definition) is 0. The van der Waals surface area contributed by atoms with Crippen molar-refractivity contribution in [3.05, 3.63) is 35.4 Å². The van der Waals surface area contributed by atoms with Gasteiger partial charge in [0.15, 0.2) is 5.78 Å². The van der Waals surface area contributed by atoms with E-state index >= 15 is 0 Å². The first-order chi connectivity index (χ1) is 7.78. The van der Waals surface area contributed by atoms with E-state index in [2.05, 4.69) is 12.1 Å². The van der Waals surface area contributed by atoms with Crippen LogP contribution in [0.5, 0.6) is 0 Å². The molecule has 0 amide bonds. The zero-order valence-corrected chi connectivity index (χ0v) is 9.46. The van der Waals surface area contributed by atoms with Crippen LogP contribution in [0.25, 0.3) is 0 Å². The molecule has 82 valence electrons. The molecule has 0 heterocycles. The van der Waals surface area contributed by atoms with Gasteiger partial charge >= 0.3 is 0 Å². The van der Waals surface area contributed by atoms with Crippen LogP contribution < -0.4 is 0 Å². The summed E-state index contributed by atoms with van der Waals surface area (Å²) < 4.78 is 0. The zero-order valence-electron chi connectivity index (χ0n) is 9.46. The van der Waals surface area contributed by atoms with Crippen molar-refractivity contribution < 1.29 is 4.79 Å². The van der Waals surface area contributed by atoms with Gasteiger partial charge in [0, 0.05) is 17.4 Å². The number of ketones is 1. The van der Waals surface area contributed by atoms with Crippen LogP contribution in [-0.2, 0) is 5.41 Å². The van der Waals surface area contributed by atoms with E-state index in [1.54, 1.807) is 0 Å². The lowest BCUT2D eigenvalue weighted by Gasteiger charge is -2.51. The first-order valence-corrected chi connectivity index (χ1v) is 6.40. The first kappa shape index (κ1) is 8.98. The molecule has 16 heavy (non-hydrogen) atoms. The second-order valence-electron chi connectivity index (χ2n) is 5.86. The van der Waals surface area contributed by atoms with Crippen molar-refractivity contribution in [1.29, 1.82) is 0 Å². The van der Waals surface area contributed by atoms with Crippen molar-refractivity contribution >= 4 is 5.78 Å². The quantitative estimate of drug-likeness (QED) is 0.643. The van der Waals surface area contributed by atoms with Gasteiger partial charge in [0.1, 0.15) is 0 Å². The van der Waals surface area contributed by atoms with E-state index in [0.29, 0.717) is 16.6 Å². The Morgan fingerprint density at radius 2 is 1.75 bits per heavy atom. The van der Waals surface area contributed by atoms with Crippen molar-refractivity contribution in [1.82, 2.24) is 0 Å². The molecule has 0 bridgehead atoms. The molecule has 3 aliphatic carbocycles. The average molecular weight is 212 g/mol. The Kier molecular flexibility index (Phi) is 1.45.